The van der Waals surface area contributed by atoms with Crippen LogP contribution in [0, 0.1) is 6.92 Å². The molecule has 0 spiro atoms. The third kappa shape index (κ3) is 3.34. The summed E-state index contributed by atoms with van der Waals surface area (Å²) < 4.78 is 2.19. The highest BCUT2D eigenvalue weighted by molar-refractivity contribution is 8.00. The van der Waals surface area contributed by atoms with Gasteiger partial charge in [0.15, 0.2) is 4.34 Å². The fourth-order valence-corrected chi connectivity index (χ4v) is 4.33. The Labute approximate surface area is 138 Å². The van der Waals surface area contributed by atoms with Gasteiger partial charge in [0.05, 0.1) is 5.75 Å². The summed E-state index contributed by atoms with van der Waals surface area (Å²) in [7, 11) is 0. The van der Waals surface area contributed by atoms with E-state index in [4.69, 9.17) is 0 Å². The van der Waals surface area contributed by atoms with Gasteiger partial charge in [0.2, 0.25) is 10.1 Å². The summed E-state index contributed by atoms with van der Waals surface area (Å²) >= 11 is 4.43. The normalized spacial score (nSPS) is 11.0. The molecular formula is C12H12N6OS3. The highest BCUT2D eigenvalue weighted by Gasteiger charge is 2.10. The molecule has 0 atom stereocenters. The summed E-state index contributed by atoms with van der Waals surface area (Å²) in [6.07, 6.45) is 1.77. The van der Waals surface area contributed by atoms with Crippen LogP contribution in [0.15, 0.2) is 27.9 Å². The van der Waals surface area contributed by atoms with Crippen LogP contribution in [0.1, 0.15) is 10.7 Å². The number of thioether (sulfide) groups is 1. The van der Waals surface area contributed by atoms with Crippen LogP contribution in [0.25, 0.3) is 4.96 Å². The molecule has 3 aromatic rings. The zero-order valence-electron chi connectivity index (χ0n) is 11.6. The standard InChI is InChI=1S/C12H12N6OS3/c1-3-4-13-10-15-16-12(22-10)20-6-8-17-18-9(19)5-7(2)14-11(18)21-8/h3,5H,1,4,6H2,2H3,(H,13,15). The van der Waals surface area contributed by atoms with Gasteiger partial charge in [-0.3, -0.25) is 4.79 Å². The number of rotatable bonds is 6. The van der Waals surface area contributed by atoms with E-state index >= 15 is 0 Å². The van der Waals surface area contributed by atoms with Crippen molar-refractivity contribution in [3.63, 3.8) is 0 Å². The predicted molar refractivity (Wildman–Crippen MR) is 90.0 cm³/mol. The molecule has 0 saturated heterocycles. The lowest BCUT2D eigenvalue weighted by Crippen LogP contribution is -2.14. The van der Waals surface area contributed by atoms with Crippen molar-refractivity contribution in [3.8, 4) is 0 Å². The van der Waals surface area contributed by atoms with Crippen LogP contribution in [0.2, 0.25) is 0 Å². The molecule has 0 saturated carbocycles. The Morgan fingerprint density at radius 2 is 2.32 bits per heavy atom. The van der Waals surface area contributed by atoms with Gasteiger partial charge in [0.25, 0.3) is 5.56 Å². The molecular weight excluding hydrogens is 340 g/mol. The molecule has 3 rings (SSSR count). The molecule has 0 radical (unpaired) electrons. The average molecular weight is 352 g/mol. The molecule has 1 N–H and O–H groups in total. The van der Waals surface area contributed by atoms with Gasteiger partial charge >= 0.3 is 0 Å². The Morgan fingerprint density at radius 3 is 3.14 bits per heavy atom. The lowest BCUT2D eigenvalue weighted by molar-refractivity contribution is 0.870. The van der Waals surface area contributed by atoms with Gasteiger partial charge in [-0.1, -0.05) is 40.5 Å². The maximum atomic E-state index is 11.8. The third-order valence-electron chi connectivity index (χ3n) is 2.54. The molecule has 0 aliphatic heterocycles. The molecule has 0 bridgehead atoms. The molecule has 0 amide bonds. The van der Waals surface area contributed by atoms with Crippen molar-refractivity contribution in [1.82, 2.24) is 24.8 Å². The summed E-state index contributed by atoms with van der Waals surface area (Å²) in [5.74, 6) is 0.628. The van der Waals surface area contributed by atoms with Gasteiger partial charge in [-0.25, -0.2) is 4.98 Å². The van der Waals surface area contributed by atoms with Crippen LogP contribution in [-0.2, 0) is 5.75 Å². The van der Waals surface area contributed by atoms with E-state index in [1.807, 2.05) is 0 Å². The minimum atomic E-state index is -0.151. The molecule has 22 heavy (non-hydrogen) atoms. The Hall–Kier alpha value is -1.78. The quantitative estimate of drug-likeness (QED) is 0.538. The van der Waals surface area contributed by atoms with E-state index in [1.54, 1.807) is 13.0 Å². The summed E-state index contributed by atoms with van der Waals surface area (Å²) in [4.78, 5) is 16.7. The minimum Gasteiger partial charge on any atom is -0.357 e. The second-order valence-electron chi connectivity index (χ2n) is 4.26. The zero-order chi connectivity index (χ0) is 15.5. The second kappa shape index (κ2) is 6.55. The maximum Gasteiger partial charge on any atom is 0.275 e. The van der Waals surface area contributed by atoms with Crippen molar-refractivity contribution in [2.45, 2.75) is 17.0 Å². The number of fused-ring (bicyclic) bond motifs is 1. The van der Waals surface area contributed by atoms with Crippen molar-refractivity contribution in [2.75, 3.05) is 11.9 Å². The van der Waals surface area contributed by atoms with E-state index in [1.165, 1.54) is 45.0 Å². The van der Waals surface area contributed by atoms with Crippen LogP contribution >= 0.6 is 34.4 Å². The van der Waals surface area contributed by atoms with E-state index in [9.17, 15) is 4.79 Å². The molecule has 0 aromatic carbocycles. The van der Waals surface area contributed by atoms with Gasteiger partial charge in [-0.2, -0.15) is 9.61 Å². The van der Waals surface area contributed by atoms with Crippen LogP contribution in [-0.4, -0.2) is 31.3 Å². The molecule has 0 aliphatic rings. The van der Waals surface area contributed by atoms with Crippen LogP contribution in [0.5, 0.6) is 0 Å². The SMILES string of the molecule is C=CCNc1nnc(SCc2nn3c(=O)cc(C)nc3s2)s1. The van der Waals surface area contributed by atoms with Crippen molar-refractivity contribution in [1.29, 1.82) is 0 Å². The van der Waals surface area contributed by atoms with E-state index < -0.39 is 0 Å². The first-order valence-corrected chi connectivity index (χ1v) is 8.95. The Kier molecular flexibility index (Phi) is 4.50. The number of hydrogen-bond donors (Lipinski definition) is 1. The van der Waals surface area contributed by atoms with Crippen LogP contribution in [0.4, 0.5) is 5.13 Å². The average Bonchev–Trinajstić information content (AvgIpc) is 3.09. The number of aromatic nitrogens is 5. The zero-order valence-corrected chi connectivity index (χ0v) is 14.1. The van der Waals surface area contributed by atoms with Gasteiger partial charge in [-0.05, 0) is 6.92 Å². The number of aryl methyl sites for hydroxylation is 1. The molecule has 0 unspecified atom stereocenters. The molecule has 114 valence electrons. The lowest BCUT2D eigenvalue weighted by Gasteiger charge is -1.93. The number of nitrogens with zero attached hydrogens (tertiary/aromatic N) is 5. The van der Waals surface area contributed by atoms with Crippen LogP contribution in [0.3, 0.4) is 0 Å². The first kappa shape index (κ1) is 15.1. The number of nitrogens with one attached hydrogen (secondary N) is 1. The Bertz CT molecular complexity index is 867. The molecule has 0 aliphatic carbocycles. The monoisotopic (exact) mass is 352 g/mol. The molecule has 3 aromatic heterocycles. The minimum absolute atomic E-state index is 0.151. The topological polar surface area (TPSA) is 85.1 Å². The van der Waals surface area contributed by atoms with Crippen molar-refractivity contribution in [2.24, 2.45) is 0 Å². The van der Waals surface area contributed by atoms with Crippen LogP contribution < -0.4 is 10.9 Å². The molecule has 7 nitrogen and oxygen atoms in total. The molecule has 0 fully saturated rings. The molecule has 3 heterocycles. The maximum absolute atomic E-state index is 11.8. The largest absolute Gasteiger partial charge is 0.357 e. The summed E-state index contributed by atoms with van der Waals surface area (Å²) in [6, 6.07) is 1.48. The Morgan fingerprint density at radius 1 is 1.45 bits per heavy atom. The molecule has 10 heteroatoms. The first-order chi connectivity index (χ1) is 10.7. The summed E-state index contributed by atoms with van der Waals surface area (Å²) in [6.45, 7) is 6.10. The smallest absolute Gasteiger partial charge is 0.275 e. The summed E-state index contributed by atoms with van der Waals surface area (Å²) in [5.41, 5.74) is 0.553. The van der Waals surface area contributed by atoms with Crippen molar-refractivity contribution >= 4 is 44.5 Å². The lowest BCUT2D eigenvalue weighted by atomic mass is 10.5. The van der Waals surface area contributed by atoms with Crippen molar-refractivity contribution in [3.05, 3.63) is 39.8 Å². The van der Waals surface area contributed by atoms with E-state index in [-0.39, 0.29) is 5.56 Å². The Balaban J connectivity index is 1.71. The second-order valence-corrected chi connectivity index (χ2v) is 7.50. The highest BCUT2D eigenvalue weighted by atomic mass is 32.2. The predicted octanol–water partition coefficient (Wildman–Crippen LogP) is 2.20. The van der Waals surface area contributed by atoms with E-state index in [2.05, 4.69) is 32.2 Å². The van der Waals surface area contributed by atoms with Gasteiger partial charge in [0.1, 0.15) is 5.01 Å². The fraction of sp³-hybridized carbons (Fsp3) is 0.250. The first-order valence-electron chi connectivity index (χ1n) is 6.33. The fourth-order valence-electron chi connectivity index (χ4n) is 1.64. The van der Waals surface area contributed by atoms with Gasteiger partial charge in [0, 0.05) is 18.3 Å². The van der Waals surface area contributed by atoms with Gasteiger partial charge < -0.3 is 5.32 Å². The van der Waals surface area contributed by atoms with Gasteiger partial charge in [-0.15, -0.1) is 16.8 Å². The highest BCUT2D eigenvalue weighted by Crippen LogP contribution is 2.29. The van der Waals surface area contributed by atoms with Crippen molar-refractivity contribution < 1.29 is 0 Å². The number of hydrogen-bond acceptors (Lipinski definition) is 9. The third-order valence-corrected chi connectivity index (χ3v) is 5.65. The van der Waals surface area contributed by atoms with E-state index in [0.29, 0.717) is 23.0 Å². The summed E-state index contributed by atoms with van der Waals surface area (Å²) in [5, 5.41) is 17.1. The number of anilines is 1. The van der Waals surface area contributed by atoms with E-state index in [0.717, 1.165) is 14.5 Å².